The van der Waals surface area contributed by atoms with Crippen molar-refractivity contribution in [2.24, 2.45) is 0 Å². The molecule has 0 saturated carbocycles. The number of unbranched alkanes of at least 4 members (excludes halogenated alkanes) is 5. The van der Waals surface area contributed by atoms with E-state index in [0.29, 0.717) is 20.9 Å². The summed E-state index contributed by atoms with van der Waals surface area (Å²) in [7, 11) is 0. The van der Waals surface area contributed by atoms with Crippen LogP contribution in [-0.4, -0.2) is 15.0 Å². The van der Waals surface area contributed by atoms with Gasteiger partial charge in [-0.3, -0.25) is 0 Å². The fraction of sp³-hybridized carbons (Fsp3) is 0.333. The van der Waals surface area contributed by atoms with Crippen molar-refractivity contribution in [1.29, 1.82) is 0 Å². The monoisotopic (exact) mass is 474 g/mol. The second-order valence-electron chi connectivity index (χ2n) is 8.60. The quantitative estimate of drug-likeness (QED) is 0.205. The van der Waals surface area contributed by atoms with Crippen LogP contribution < -0.4 is 0 Å². The maximum atomic E-state index is 2.41. The zero-order valence-electron chi connectivity index (χ0n) is 18.7. The average Bonchev–Trinajstić information content (AvgIpc) is 3.28. The molecule has 1 unspecified atom stereocenters. The minimum atomic E-state index is 0.508. The van der Waals surface area contributed by atoms with Crippen LogP contribution in [0, 0.1) is 0 Å². The zero-order valence-corrected chi connectivity index (χ0v) is 20.4. The summed E-state index contributed by atoms with van der Waals surface area (Å²) in [5.74, 6) is 0.515. The molecule has 4 rings (SSSR count). The molecule has 3 aromatic carbocycles. The van der Waals surface area contributed by atoms with Crippen molar-refractivity contribution < 1.29 is 0 Å². The van der Waals surface area contributed by atoms with Crippen LogP contribution in [0.2, 0.25) is 5.32 Å². The molecule has 1 aliphatic heterocycles. The summed E-state index contributed by atoms with van der Waals surface area (Å²) in [4.78, 5) is 0. The Hall–Kier alpha value is -2.08. The van der Waals surface area contributed by atoms with Crippen molar-refractivity contribution >= 4 is 25.0 Å². The van der Waals surface area contributed by atoms with Crippen LogP contribution in [0.1, 0.15) is 73.6 Å². The molecule has 31 heavy (non-hydrogen) atoms. The van der Waals surface area contributed by atoms with Crippen molar-refractivity contribution in [3.8, 4) is 0 Å². The molecule has 1 aliphatic rings. The van der Waals surface area contributed by atoms with E-state index in [-0.39, 0.29) is 0 Å². The van der Waals surface area contributed by atoms with Gasteiger partial charge in [0.15, 0.2) is 0 Å². The summed E-state index contributed by atoms with van der Waals surface area (Å²) < 4.78 is 1.58. The fourth-order valence-corrected chi connectivity index (χ4v) is 7.51. The predicted molar refractivity (Wildman–Crippen MR) is 137 cm³/mol. The molecule has 0 radical (unpaired) electrons. The molecule has 0 amide bonds. The van der Waals surface area contributed by atoms with Crippen LogP contribution in [0.25, 0.3) is 10.0 Å². The first kappa shape index (κ1) is 22.1. The summed E-state index contributed by atoms with van der Waals surface area (Å²) in [6, 6.07) is 31.7. The first-order valence-electron chi connectivity index (χ1n) is 11.9. The molecule has 0 aliphatic carbocycles. The standard InChI is InChI=1S/C30H34Se/c1-2-3-4-5-6-9-14-24-19-21-25(22-20-24)28-23-31-30(27-17-12-8-13-18-27)29(28)26-15-10-7-11-16-26/h7-8,10-13,15-22,28H,2-6,9,14,23H2,1H3. The fourth-order valence-electron chi connectivity index (χ4n) is 4.55. The molecule has 0 fully saturated rings. The van der Waals surface area contributed by atoms with Crippen LogP contribution in [-0.2, 0) is 6.42 Å². The number of hydrogen-bond acceptors (Lipinski definition) is 0. The van der Waals surface area contributed by atoms with Crippen molar-refractivity contribution in [3.05, 3.63) is 107 Å². The molecule has 160 valence electrons. The molecule has 1 heterocycles. The number of aryl methyl sites for hydroxylation is 1. The summed E-state index contributed by atoms with van der Waals surface area (Å²) in [5, 5.41) is 1.26. The van der Waals surface area contributed by atoms with Crippen LogP contribution in [0.15, 0.2) is 84.9 Å². The molecule has 0 spiro atoms. The number of hydrogen-bond donors (Lipinski definition) is 0. The van der Waals surface area contributed by atoms with Gasteiger partial charge in [-0.05, 0) is 0 Å². The van der Waals surface area contributed by atoms with E-state index in [9.17, 15) is 0 Å². The molecular formula is C30H34Se. The molecule has 0 bridgehead atoms. The molecule has 1 atom stereocenters. The van der Waals surface area contributed by atoms with Gasteiger partial charge in [-0.1, -0.05) is 13.3 Å². The topological polar surface area (TPSA) is 0 Å². The van der Waals surface area contributed by atoms with Gasteiger partial charge >= 0.3 is 182 Å². The van der Waals surface area contributed by atoms with Crippen molar-refractivity contribution in [2.45, 2.75) is 63.1 Å². The summed E-state index contributed by atoms with van der Waals surface area (Å²) in [6.07, 6.45) is 9.42. The predicted octanol–water partition coefficient (Wildman–Crippen LogP) is 8.38. The SMILES string of the molecule is CCCCCCCCc1ccc(C2C[Se]C(c3ccccc3)=C2c2ccccc2)cc1. The van der Waals surface area contributed by atoms with Crippen molar-refractivity contribution in [2.75, 3.05) is 0 Å². The van der Waals surface area contributed by atoms with E-state index >= 15 is 0 Å². The first-order valence-corrected chi connectivity index (χ1v) is 14.0. The second kappa shape index (κ2) is 11.5. The van der Waals surface area contributed by atoms with E-state index < -0.39 is 0 Å². The number of benzene rings is 3. The van der Waals surface area contributed by atoms with Gasteiger partial charge in [0, 0.05) is 0 Å². The molecular weight excluding hydrogens is 439 g/mol. The van der Waals surface area contributed by atoms with E-state index in [1.807, 2.05) is 0 Å². The maximum absolute atomic E-state index is 2.41. The molecule has 1 heteroatoms. The molecule has 0 saturated heterocycles. The number of rotatable bonds is 10. The Kier molecular flexibility index (Phi) is 8.22. The Balaban J connectivity index is 1.51. The van der Waals surface area contributed by atoms with E-state index in [2.05, 4.69) is 91.9 Å². The van der Waals surface area contributed by atoms with Gasteiger partial charge in [0.25, 0.3) is 0 Å². The second-order valence-corrected chi connectivity index (χ2v) is 10.8. The Morgan fingerprint density at radius 3 is 1.97 bits per heavy atom. The van der Waals surface area contributed by atoms with Gasteiger partial charge in [0.2, 0.25) is 0 Å². The van der Waals surface area contributed by atoms with E-state index in [0.717, 1.165) is 0 Å². The first-order chi connectivity index (χ1) is 15.4. The number of allylic oxidation sites excluding steroid dienone is 1. The summed E-state index contributed by atoms with van der Waals surface area (Å²) >= 11 is 0.508. The third kappa shape index (κ3) is 5.79. The molecule has 0 N–H and O–H groups in total. The average molecular weight is 474 g/mol. The Morgan fingerprint density at radius 2 is 1.29 bits per heavy atom. The minimum absolute atomic E-state index is 0.508. The van der Waals surface area contributed by atoms with Gasteiger partial charge in [-0.15, -0.1) is 0 Å². The van der Waals surface area contributed by atoms with E-state index in [1.165, 1.54) is 72.5 Å². The Labute approximate surface area is 195 Å². The Bertz CT molecular complexity index is 954. The third-order valence-corrected chi connectivity index (χ3v) is 8.92. The molecule has 0 nitrogen and oxygen atoms in total. The van der Waals surface area contributed by atoms with Gasteiger partial charge in [0.1, 0.15) is 0 Å². The zero-order chi connectivity index (χ0) is 21.3. The Morgan fingerprint density at radius 1 is 0.677 bits per heavy atom. The summed E-state index contributed by atoms with van der Waals surface area (Å²) in [6.45, 7) is 2.29. The van der Waals surface area contributed by atoms with Crippen LogP contribution in [0.5, 0.6) is 0 Å². The van der Waals surface area contributed by atoms with Crippen molar-refractivity contribution in [3.63, 3.8) is 0 Å². The van der Waals surface area contributed by atoms with Crippen molar-refractivity contribution in [1.82, 2.24) is 0 Å². The molecule has 3 aromatic rings. The normalized spacial score (nSPS) is 16.1. The van der Waals surface area contributed by atoms with Crippen LogP contribution in [0.3, 0.4) is 0 Å². The van der Waals surface area contributed by atoms with Gasteiger partial charge < -0.3 is 0 Å². The van der Waals surface area contributed by atoms with E-state index in [4.69, 9.17) is 0 Å². The third-order valence-electron chi connectivity index (χ3n) is 6.31. The van der Waals surface area contributed by atoms with E-state index in [1.54, 1.807) is 10.0 Å². The van der Waals surface area contributed by atoms with Crippen LogP contribution >= 0.6 is 0 Å². The van der Waals surface area contributed by atoms with Gasteiger partial charge in [-0.2, -0.15) is 0 Å². The van der Waals surface area contributed by atoms with Crippen LogP contribution in [0.4, 0.5) is 0 Å². The molecule has 0 aromatic heterocycles. The van der Waals surface area contributed by atoms with Gasteiger partial charge in [-0.25, -0.2) is 0 Å². The van der Waals surface area contributed by atoms with Gasteiger partial charge in [0.05, 0.1) is 0 Å². The summed E-state index contributed by atoms with van der Waals surface area (Å²) in [5.41, 5.74) is 7.33.